The smallest absolute Gasteiger partial charge is 0.0890 e. The van der Waals surface area contributed by atoms with Crippen LogP contribution in [0.15, 0.2) is 12.2 Å². The van der Waals surface area contributed by atoms with Gasteiger partial charge in [-0.25, -0.2) is 0 Å². The average Bonchev–Trinajstić information content (AvgIpc) is 1.97. The maximum Gasteiger partial charge on any atom is 0.105 e. The number of allylic oxidation sites excluding steroid dienone is 2. The molecule has 0 saturated carbocycles. The van der Waals surface area contributed by atoms with Gasteiger partial charge in [0.25, 0.3) is 0 Å². The molecule has 0 spiro atoms. The number of rotatable bonds is 5. The van der Waals surface area contributed by atoms with E-state index in [0.29, 0.717) is 0 Å². The summed E-state index contributed by atoms with van der Waals surface area (Å²) in [6, 6.07) is 0. The zero-order valence-corrected chi connectivity index (χ0v) is 8.43. The lowest BCUT2D eigenvalue weighted by Crippen LogP contribution is -1.88. The molecule has 0 amide bonds. The van der Waals surface area contributed by atoms with Crippen molar-refractivity contribution in [2.24, 2.45) is 5.92 Å². The molecule has 0 rings (SSSR count). The molecule has 0 aromatic carbocycles. The third kappa shape index (κ3) is 7.70. The molecule has 1 heteroatoms. The molecule has 0 radical (unpaired) electrons. The Bertz CT molecular complexity index is 105. The summed E-state index contributed by atoms with van der Waals surface area (Å²) in [5, 5.41) is 0. The molecule has 11 heavy (non-hydrogen) atoms. The van der Waals surface area contributed by atoms with Crippen LogP contribution in [0.3, 0.4) is 0 Å². The quantitative estimate of drug-likeness (QED) is 0.419. The minimum atomic E-state index is 0.809. The van der Waals surface area contributed by atoms with Gasteiger partial charge in [0.15, 0.2) is 0 Å². The van der Waals surface area contributed by atoms with Gasteiger partial charge in [-0.3, -0.25) is 0 Å². The summed E-state index contributed by atoms with van der Waals surface area (Å²) in [6.45, 7) is 6.81. The molecule has 0 bridgehead atoms. The largest absolute Gasteiger partial charge is 0.105 e. The van der Waals surface area contributed by atoms with Crippen LogP contribution in [0, 0.1) is 5.92 Å². The van der Waals surface area contributed by atoms with E-state index < -0.39 is 0 Å². The second kappa shape index (κ2) is 6.51. The third-order valence-electron chi connectivity index (χ3n) is 2.01. The first-order valence-corrected chi connectivity index (χ1v) is 4.81. The topological polar surface area (TPSA) is 0 Å². The fourth-order valence-electron chi connectivity index (χ4n) is 0.864. The van der Waals surface area contributed by atoms with E-state index in [0.717, 1.165) is 11.7 Å². The Kier molecular flexibility index (Phi) is 6.40. The Labute approximate surface area is 72.5 Å². The second-order valence-corrected chi connectivity index (χ2v) is 3.85. The molecule has 0 aliphatic heterocycles. The fourth-order valence-corrected chi connectivity index (χ4v) is 0.864. The highest BCUT2D eigenvalue weighted by Gasteiger charge is 1.93. The standard InChI is InChI=1S/C10H21B/c1-4-9(2)7-5-6-8-10(3)11/h5-6,9-10H,4,7-8,11H2,1-3H3/b6-5-. The van der Waals surface area contributed by atoms with Crippen molar-refractivity contribution in [2.45, 2.75) is 45.9 Å². The van der Waals surface area contributed by atoms with Crippen LogP contribution in [-0.2, 0) is 0 Å². The SMILES string of the molecule is BC(C)C/C=C\CC(C)CC. The van der Waals surface area contributed by atoms with E-state index in [2.05, 4.69) is 40.8 Å². The zero-order valence-electron chi connectivity index (χ0n) is 8.43. The van der Waals surface area contributed by atoms with Crippen LogP contribution in [0.25, 0.3) is 0 Å². The minimum absolute atomic E-state index is 0.809. The van der Waals surface area contributed by atoms with Crippen LogP contribution in [-0.4, -0.2) is 7.85 Å². The fraction of sp³-hybridized carbons (Fsp3) is 0.800. The Morgan fingerprint density at radius 3 is 2.18 bits per heavy atom. The van der Waals surface area contributed by atoms with Crippen molar-refractivity contribution in [2.75, 3.05) is 0 Å². The molecule has 0 aliphatic carbocycles. The molecule has 64 valence electrons. The number of hydrogen-bond acceptors (Lipinski definition) is 0. The maximum atomic E-state index is 2.33. The van der Waals surface area contributed by atoms with Gasteiger partial charge >= 0.3 is 0 Å². The first-order chi connectivity index (χ1) is 5.16. The van der Waals surface area contributed by atoms with E-state index in [9.17, 15) is 0 Å². The van der Waals surface area contributed by atoms with Crippen molar-refractivity contribution in [1.29, 1.82) is 0 Å². The molecule has 0 nitrogen and oxygen atoms in total. The molecular weight excluding hydrogens is 131 g/mol. The van der Waals surface area contributed by atoms with Crippen LogP contribution in [0.2, 0.25) is 5.82 Å². The average molecular weight is 152 g/mol. The van der Waals surface area contributed by atoms with Gasteiger partial charge in [-0.2, -0.15) is 0 Å². The summed E-state index contributed by atoms with van der Waals surface area (Å²) in [7, 11) is 2.26. The van der Waals surface area contributed by atoms with Crippen LogP contribution in [0.5, 0.6) is 0 Å². The zero-order chi connectivity index (χ0) is 8.69. The summed E-state index contributed by atoms with van der Waals surface area (Å²) in [4.78, 5) is 0. The lowest BCUT2D eigenvalue weighted by molar-refractivity contribution is 0.571. The van der Waals surface area contributed by atoms with E-state index in [1.807, 2.05) is 0 Å². The van der Waals surface area contributed by atoms with E-state index in [-0.39, 0.29) is 0 Å². The van der Waals surface area contributed by atoms with E-state index in [4.69, 9.17) is 0 Å². The van der Waals surface area contributed by atoms with Crippen molar-refractivity contribution >= 4 is 7.85 Å². The highest BCUT2D eigenvalue weighted by Crippen LogP contribution is 2.09. The van der Waals surface area contributed by atoms with E-state index in [1.54, 1.807) is 0 Å². The van der Waals surface area contributed by atoms with Gasteiger partial charge < -0.3 is 0 Å². The Morgan fingerprint density at radius 1 is 1.18 bits per heavy atom. The molecule has 0 N–H and O–H groups in total. The molecule has 2 unspecified atom stereocenters. The van der Waals surface area contributed by atoms with Gasteiger partial charge in [-0.15, -0.1) is 0 Å². The Morgan fingerprint density at radius 2 is 1.73 bits per heavy atom. The first kappa shape index (κ1) is 10.8. The van der Waals surface area contributed by atoms with Crippen molar-refractivity contribution in [3.63, 3.8) is 0 Å². The van der Waals surface area contributed by atoms with Gasteiger partial charge in [-0.1, -0.05) is 45.2 Å². The third-order valence-corrected chi connectivity index (χ3v) is 2.01. The highest BCUT2D eigenvalue weighted by molar-refractivity contribution is 6.11. The molecule has 0 fully saturated rings. The van der Waals surface area contributed by atoms with E-state index in [1.165, 1.54) is 19.3 Å². The van der Waals surface area contributed by atoms with Gasteiger partial charge in [-0.05, 0) is 18.8 Å². The normalized spacial score (nSPS) is 17.0. The Balaban J connectivity index is 3.29. The highest BCUT2D eigenvalue weighted by atomic mass is 14.0. The molecule has 0 aromatic rings. The van der Waals surface area contributed by atoms with Crippen LogP contribution < -0.4 is 0 Å². The lowest BCUT2D eigenvalue weighted by Gasteiger charge is -2.02. The molecule has 2 atom stereocenters. The monoisotopic (exact) mass is 152 g/mol. The van der Waals surface area contributed by atoms with Crippen molar-refractivity contribution in [3.05, 3.63) is 12.2 Å². The summed E-state index contributed by atoms with van der Waals surface area (Å²) in [6.07, 6.45) is 8.43. The van der Waals surface area contributed by atoms with Crippen LogP contribution in [0.4, 0.5) is 0 Å². The molecule has 0 aromatic heterocycles. The molecular formula is C10H21B. The first-order valence-electron chi connectivity index (χ1n) is 4.81. The Hall–Kier alpha value is -0.195. The van der Waals surface area contributed by atoms with Crippen LogP contribution in [0.1, 0.15) is 40.0 Å². The van der Waals surface area contributed by atoms with Crippen LogP contribution >= 0.6 is 0 Å². The van der Waals surface area contributed by atoms with Gasteiger partial charge in [0.05, 0.1) is 0 Å². The molecule has 0 saturated heterocycles. The summed E-state index contributed by atoms with van der Waals surface area (Å²) < 4.78 is 0. The maximum absolute atomic E-state index is 2.33. The predicted octanol–water partition coefficient (Wildman–Crippen LogP) is 2.81. The predicted molar refractivity (Wildman–Crippen MR) is 55.8 cm³/mol. The summed E-state index contributed by atoms with van der Waals surface area (Å²) in [5.41, 5.74) is 0. The molecule has 0 aliphatic rings. The lowest BCUT2D eigenvalue weighted by atomic mass is 9.86. The minimum Gasteiger partial charge on any atom is -0.0890 e. The van der Waals surface area contributed by atoms with Crippen molar-refractivity contribution < 1.29 is 0 Å². The molecule has 0 heterocycles. The van der Waals surface area contributed by atoms with Crippen molar-refractivity contribution in [3.8, 4) is 0 Å². The van der Waals surface area contributed by atoms with Gasteiger partial charge in [0.2, 0.25) is 0 Å². The number of hydrogen-bond donors (Lipinski definition) is 0. The van der Waals surface area contributed by atoms with E-state index >= 15 is 0 Å². The van der Waals surface area contributed by atoms with Crippen molar-refractivity contribution in [1.82, 2.24) is 0 Å². The van der Waals surface area contributed by atoms with Gasteiger partial charge in [0, 0.05) is 0 Å². The second-order valence-electron chi connectivity index (χ2n) is 3.85. The summed E-state index contributed by atoms with van der Waals surface area (Å²) >= 11 is 0. The summed E-state index contributed by atoms with van der Waals surface area (Å²) in [5.74, 6) is 1.67. The van der Waals surface area contributed by atoms with Gasteiger partial charge in [0.1, 0.15) is 7.85 Å².